The molecule has 2 rings (SSSR count). The summed E-state index contributed by atoms with van der Waals surface area (Å²) in [7, 11) is 2.03. The largest absolute Gasteiger partial charge is 0.295 e. The molecule has 0 saturated heterocycles. The molecule has 1 aromatic heterocycles. The molecule has 0 radical (unpaired) electrons. The molecule has 0 N–H and O–H groups in total. The number of halogens is 2. The second-order valence-corrected chi connectivity index (χ2v) is 5.83. The van der Waals surface area contributed by atoms with Crippen molar-refractivity contribution in [1.29, 1.82) is 0 Å². The van der Waals surface area contributed by atoms with Crippen molar-refractivity contribution in [2.75, 3.05) is 7.05 Å². The third-order valence-electron chi connectivity index (χ3n) is 2.21. The Labute approximate surface area is 114 Å². The Kier molecular flexibility index (Phi) is 4.34. The van der Waals surface area contributed by atoms with Crippen LogP contribution in [0.4, 0.5) is 0 Å². The number of hydrogen-bond acceptors (Lipinski definition) is 4. The van der Waals surface area contributed by atoms with Crippen molar-refractivity contribution in [3.63, 3.8) is 0 Å². The Morgan fingerprint density at radius 3 is 2.41 bits per heavy atom. The van der Waals surface area contributed by atoms with E-state index in [-0.39, 0.29) is 0 Å². The molecule has 1 heterocycles. The van der Waals surface area contributed by atoms with Crippen molar-refractivity contribution in [3.05, 3.63) is 44.3 Å². The van der Waals surface area contributed by atoms with Crippen molar-refractivity contribution in [3.8, 4) is 0 Å². The number of hydrogen-bond donors (Lipinski definition) is 0. The van der Waals surface area contributed by atoms with Gasteiger partial charge in [0.25, 0.3) is 0 Å². The summed E-state index contributed by atoms with van der Waals surface area (Å²) in [5, 5.41) is 9.44. The lowest BCUT2D eigenvalue weighted by Crippen LogP contribution is -2.17. The smallest absolute Gasteiger partial charge is 0.207 e. The van der Waals surface area contributed by atoms with Gasteiger partial charge in [0, 0.05) is 11.6 Å². The van der Waals surface area contributed by atoms with Crippen LogP contribution in [-0.4, -0.2) is 22.1 Å². The van der Waals surface area contributed by atoms with Crippen LogP contribution >= 0.6 is 34.5 Å². The molecule has 0 saturated carbocycles. The van der Waals surface area contributed by atoms with Crippen molar-refractivity contribution in [2.45, 2.75) is 13.1 Å². The highest BCUT2D eigenvalue weighted by Crippen LogP contribution is 2.17. The topological polar surface area (TPSA) is 29.0 Å². The Hall–Kier alpha value is -0.680. The SMILES string of the molecule is CN(Cc1ccc(Cl)cc1)Cc1nnc(Cl)s1. The molecule has 0 unspecified atom stereocenters. The Bertz CT molecular complexity index is 484. The zero-order valence-electron chi connectivity index (χ0n) is 9.23. The molecule has 17 heavy (non-hydrogen) atoms. The summed E-state index contributed by atoms with van der Waals surface area (Å²) in [5.41, 5.74) is 1.22. The lowest BCUT2D eigenvalue weighted by Gasteiger charge is -2.14. The van der Waals surface area contributed by atoms with Gasteiger partial charge >= 0.3 is 0 Å². The Morgan fingerprint density at radius 1 is 1.12 bits per heavy atom. The Morgan fingerprint density at radius 2 is 1.82 bits per heavy atom. The first kappa shape index (κ1) is 12.8. The van der Waals surface area contributed by atoms with E-state index in [1.165, 1.54) is 16.9 Å². The fraction of sp³-hybridized carbons (Fsp3) is 0.273. The number of aromatic nitrogens is 2. The third-order valence-corrected chi connectivity index (χ3v) is 3.47. The monoisotopic (exact) mass is 287 g/mol. The molecule has 0 bridgehead atoms. The van der Waals surface area contributed by atoms with Crippen molar-refractivity contribution in [1.82, 2.24) is 15.1 Å². The van der Waals surface area contributed by atoms with E-state index in [1.54, 1.807) is 0 Å². The van der Waals surface area contributed by atoms with Crippen molar-refractivity contribution >= 4 is 34.5 Å². The molecule has 0 atom stereocenters. The van der Waals surface area contributed by atoms with Crippen molar-refractivity contribution < 1.29 is 0 Å². The molecule has 0 fully saturated rings. The van der Waals surface area contributed by atoms with Crippen LogP contribution in [0.25, 0.3) is 0 Å². The molecular formula is C11H11Cl2N3S. The maximum absolute atomic E-state index is 5.84. The van der Waals surface area contributed by atoms with Gasteiger partial charge in [0.05, 0.1) is 6.54 Å². The number of nitrogens with zero attached hydrogens (tertiary/aromatic N) is 3. The highest BCUT2D eigenvalue weighted by atomic mass is 35.5. The average Bonchev–Trinajstić information content (AvgIpc) is 2.67. The number of rotatable bonds is 4. The molecule has 0 spiro atoms. The van der Waals surface area contributed by atoms with Crippen LogP contribution in [0.1, 0.15) is 10.6 Å². The summed E-state index contributed by atoms with van der Waals surface area (Å²) in [6.45, 7) is 1.58. The highest BCUT2D eigenvalue weighted by Gasteiger charge is 2.06. The van der Waals surface area contributed by atoms with E-state index in [0.717, 1.165) is 23.1 Å². The van der Waals surface area contributed by atoms with Crippen LogP contribution in [0.2, 0.25) is 9.49 Å². The molecule has 3 nitrogen and oxygen atoms in total. The van der Waals surface area contributed by atoms with Gasteiger partial charge in [0.15, 0.2) is 0 Å². The summed E-state index contributed by atoms with van der Waals surface area (Å²) >= 11 is 13.0. The van der Waals surface area contributed by atoms with Gasteiger partial charge in [0.1, 0.15) is 5.01 Å². The van der Waals surface area contributed by atoms with Gasteiger partial charge in [-0.05, 0) is 36.3 Å². The predicted octanol–water partition coefficient (Wildman–Crippen LogP) is 3.48. The summed E-state index contributed by atoms with van der Waals surface area (Å²) in [4.78, 5) is 2.15. The quantitative estimate of drug-likeness (QED) is 0.862. The van der Waals surface area contributed by atoms with E-state index in [1.807, 2.05) is 31.3 Å². The zero-order chi connectivity index (χ0) is 12.3. The van der Waals surface area contributed by atoms with E-state index in [4.69, 9.17) is 23.2 Å². The van der Waals surface area contributed by atoms with E-state index in [0.29, 0.717) is 4.47 Å². The standard InChI is InChI=1S/C11H11Cl2N3S/c1-16(7-10-14-15-11(13)17-10)6-8-2-4-9(12)5-3-8/h2-5H,6-7H2,1H3. The van der Waals surface area contributed by atoms with Crippen LogP contribution in [0.5, 0.6) is 0 Å². The molecule has 6 heteroatoms. The molecule has 90 valence electrons. The second-order valence-electron chi connectivity index (χ2n) is 3.75. The van der Waals surface area contributed by atoms with E-state index < -0.39 is 0 Å². The fourth-order valence-electron chi connectivity index (χ4n) is 1.49. The minimum Gasteiger partial charge on any atom is -0.295 e. The van der Waals surface area contributed by atoms with Gasteiger partial charge in [-0.1, -0.05) is 35.1 Å². The Balaban J connectivity index is 1.93. The highest BCUT2D eigenvalue weighted by molar-refractivity contribution is 7.15. The molecule has 0 amide bonds. The lowest BCUT2D eigenvalue weighted by molar-refractivity contribution is 0.317. The first-order chi connectivity index (χ1) is 8.13. The molecule has 0 aliphatic heterocycles. The van der Waals surface area contributed by atoms with Gasteiger partial charge in [-0.15, -0.1) is 10.2 Å². The van der Waals surface area contributed by atoms with Gasteiger partial charge < -0.3 is 0 Å². The van der Waals surface area contributed by atoms with Gasteiger partial charge in [-0.25, -0.2) is 0 Å². The minimum absolute atomic E-state index is 0.486. The minimum atomic E-state index is 0.486. The third kappa shape index (κ3) is 3.92. The van der Waals surface area contributed by atoms with Gasteiger partial charge in [-0.2, -0.15) is 0 Å². The van der Waals surface area contributed by atoms with Crippen LogP contribution in [0.3, 0.4) is 0 Å². The van der Waals surface area contributed by atoms with Crippen LogP contribution in [-0.2, 0) is 13.1 Å². The van der Waals surface area contributed by atoms with E-state index in [2.05, 4.69) is 15.1 Å². The molecule has 0 aliphatic carbocycles. The normalized spacial score (nSPS) is 11.1. The fourth-order valence-corrected chi connectivity index (χ4v) is 2.56. The van der Waals surface area contributed by atoms with E-state index in [9.17, 15) is 0 Å². The average molecular weight is 288 g/mol. The molecule has 2 aromatic rings. The molecular weight excluding hydrogens is 277 g/mol. The van der Waals surface area contributed by atoms with Gasteiger partial charge in [0.2, 0.25) is 4.47 Å². The second kappa shape index (κ2) is 5.78. The zero-order valence-corrected chi connectivity index (χ0v) is 11.6. The van der Waals surface area contributed by atoms with Crippen LogP contribution in [0.15, 0.2) is 24.3 Å². The maximum atomic E-state index is 5.84. The first-order valence-electron chi connectivity index (χ1n) is 5.04. The predicted molar refractivity (Wildman–Crippen MR) is 71.5 cm³/mol. The summed E-state index contributed by atoms with van der Waals surface area (Å²) in [6, 6.07) is 7.83. The maximum Gasteiger partial charge on any atom is 0.207 e. The first-order valence-corrected chi connectivity index (χ1v) is 6.61. The summed E-state index contributed by atoms with van der Waals surface area (Å²) in [6.07, 6.45) is 0. The van der Waals surface area contributed by atoms with Crippen molar-refractivity contribution in [2.24, 2.45) is 0 Å². The van der Waals surface area contributed by atoms with Gasteiger partial charge in [-0.3, -0.25) is 4.90 Å². The molecule has 0 aliphatic rings. The lowest BCUT2D eigenvalue weighted by atomic mass is 10.2. The summed E-state index contributed by atoms with van der Waals surface area (Å²) < 4.78 is 0.486. The molecule has 1 aromatic carbocycles. The summed E-state index contributed by atoms with van der Waals surface area (Å²) in [5.74, 6) is 0. The van der Waals surface area contributed by atoms with Crippen LogP contribution < -0.4 is 0 Å². The number of benzene rings is 1. The van der Waals surface area contributed by atoms with Crippen LogP contribution in [0, 0.1) is 0 Å². The van der Waals surface area contributed by atoms with E-state index >= 15 is 0 Å².